The van der Waals surface area contributed by atoms with Gasteiger partial charge in [0, 0.05) is 26.9 Å². The molecule has 0 aliphatic rings. The van der Waals surface area contributed by atoms with Crippen molar-refractivity contribution in [2.75, 3.05) is 10.6 Å². The molecule has 8 heteroatoms. The van der Waals surface area contributed by atoms with Crippen molar-refractivity contribution < 1.29 is 14.4 Å². The quantitative estimate of drug-likeness (QED) is 0.133. The number of rotatable bonds is 10. The number of carbonyl (C=O) groups is 3. The van der Waals surface area contributed by atoms with E-state index in [1.165, 1.54) is 11.8 Å². The number of thioether (sulfide) groups is 1. The molecule has 3 N–H and O–H groups in total. The topological polar surface area (TPSA) is 87.3 Å². The van der Waals surface area contributed by atoms with Gasteiger partial charge in [0.2, 0.25) is 5.91 Å². The number of nitrogens with one attached hydrogen (secondary N) is 3. The third kappa shape index (κ3) is 8.58. The molecule has 0 aliphatic heterocycles. The van der Waals surface area contributed by atoms with Gasteiger partial charge in [0.05, 0.1) is 5.25 Å². The van der Waals surface area contributed by atoms with Gasteiger partial charge in [-0.2, -0.15) is 0 Å². The SMILES string of the molecule is CCC(Sc1cccc(NC(=O)/C(=C/c2ccccc2C)NC(=O)c2ccccc2)c1)C(=O)Nc1cccc(Cl)c1. The molecular weight excluding hydrogens is 554 g/mol. The van der Waals surface area contributed by atoms with Crippen LogP contribution in [-0.4, -0.2) is 23.0 Å². The molecule has 4 aromatic carbocycles. The summed E-state index contributed by atoms with van der Waals surface area (Å²) >= 11 is 7.45. The number of anilines is 2. The lowest BCUT2D eigenvalue weighted by atomic mass is 10.1. The Morgan fingerprint density at radius 1 is 0.829 bits per heavy atom. The summed E-state index contributed by atoms with van der Waals surface area (Å²) in [5.74, 6) is -0.993. The van der Waals surface area contributed by atoms with Gasteiger partial charge in [-0.15, -0.1) is 11.8 Å². The van der Waals surface area contributed by atoms with Crippen LogP contribution in [0.1, 0.15) is 34.8 Å². The van der Waals surface area contributed by atoms with Crippen molar-refractivity contribution in [3.63, 3.8) is 0 Å². The summed E-state index contributed by atoms with van der Waals surface area (Å²) in [6.45, 7) is 3.88. The summed E-state index contributed by atoms with van der Waals surface area (Å²) in [5.41, 5.74) is 3.50. The molecule has 4 rings (SSSR count). The predicted molar refractivity (Wildman–Crippen MR) is 168 cm³/mol. The molecule has 3 amide bonds. The van der Waals surface area contributed by atoms with E-state index >= 15 is 0 Å². The van der Waals surface area contributed by atoms with Crippen LogP contribution in [0.2, 0.25) is 5.02 Å². The zero-order valence-corrected chi connectivity index (χ0v) is 24.3. The van der Waals surface area contributed by atoms with Crippen molar-refractivity contribution in [1.29, 1.82) is 0 Å². The minimum Gasteiger partial charge on any atom is -0.325 e. The van der Waals surface area contributed by atoms with E-state index in [1.54, 1.807) is 60.7 Å². The summed E-state index contributed by atoms with van der Waals surface area (Å²) in [6.07, 6.45) is 2.26. The number of aryl methyl sites for hydroxylation is 1. The van der Waals surface area contributed by atoms with E-state index in [-0.39, 0.29) is 22.8 Å². The van der Waals surface area contributed by atoms with Crippen LogP contribution in [0.4, 0.5) is 11.4 Å². The maximum Gasteiger partial charge on any atom is 0.272 e. The average Bonchev–Trinajstić information content (AvgIpc) is 2.97. The highest BCUT2D eigenvalue weighted by Gasteiger charge is 2.19. The second-order valence-corrected chi connectivity index (χ2v) is 10.9. The Morgan fingerprint density at radius 2 is 1.51 bits per heavy atom. The number of hydrogen-bond donors (Lipinski definition) is 3. The van der Waals surface area contributed by atoms with Crippen molar-refractivity contribution in [1.82, 2.24) is 5.32 Å². The van der Waals surface area contributed by atoms with Crippen LogP contribution in [0, 0.1) is 6.92 Å². The third-order valence-corrected chi connectivity index (χ3v) is 7.74. The summed E-state index contributed by atoms with van der Waals surface area (Å²) in [5, 5.41) is 8.76. The van der Waals surface area contributed by atoms with Crippen molar-refractivity contribution >= 4 is 58.5 Å². The van der Waals surface area contributed by atoms with Crippen molar-refractivity contribution in [2.24, 2.45) is 0 Å². The highest BCUT2D eigenvalue weighted by molar-refractivity contribution is 8.00. The molecule has 1 unspecified atom stereocenters. The minimum atomic E-state index is -0.467. The lowest BCUT2D eigenvalue weighted by Crippen LogP contribution is -2.30. The van der Waals surface area contributed by atoms with Gasteiger partial charge in [-0.05, 0) is 79.1 Å². The highest BCUT2D eigenvalue weighted by atomic mass is 35.5. The van der Waals surface area contributed by atoms with Crippen LogP contribution in [0.3, 0.4) is 0 Å². The molecular formula is C33H30ClN3O3S. The molecule has 0 bridgehead atoms. The molecule has 0 heterocycles. The van der Waals surface area contributed by atoms with Crippen LogP contribution in [0.15, 0.2) is 114 Å². The average molecular weight is 584 g/mol. The van der Waals surface area contributed by atoms with Gasteiger partial charge in [0.25, 0.3) is 11.8 Å². The van der Waals surface area contributed by atoms with E-state index in [9.17, 15) is 14.4 Å². The molecule has 4 aromatic rings. The Hall–Kier alpha value is -4.33. The fourth-order valence-corrected chi connectivity index (χ4v) is 5.17. The Bertz CT molecular complexity index is 1570. The van der Waals surface area contributed by atoms with Crippen LogP contribution in [-0.2, 0) is 9.59 Å². The van der Waals surface area contributed by atoms with Gasteiger partial charge >= 0.3 is 0 Å². The summed E-state index contributed by atoms with van der Waals surface area (Å²) in [6, 6.07) is 30.6. The molecule has 208 valence electrons. The van der Waals surface area contributed by atoms with E-state index in [0.29, 0.717) is 28.4 Å². The van der Waals surface area contributed by atoms with Crippen molar-refractivity contribution in [2.45, 2.75) is 30.4 Å². The van der Waals surface area contributed by atoms with E-state index in [4.69, 9.17) is 11.6 Å². The lowest BCUT2D eigenvalue weighted by Gasteiger charge is -2.16. The van der Waals surface area contributed by atoms with E-state index in [1.807, 2.05) is 62.4 Å². The highest BCUT2D eigenvalue weighted by Crippen LogP contribution is 2.29. The normalized spacial score (nSPS) is 11.8. The number of carbonyl (C=O) groups excluding carboxylic acids is 3. The van der Waals surface area contributed by atoms with Gasteiger partial charge in [-0.25, -0.2) is 0 Å². The fourth-order valence-electron chi connectivity index (χ4n) is 3.97. The minimum absolute atomic E-state index is 0.110. The van der Waals surface area contributed by atoms with Crippen LogP contribution in [0.25, 0.3) is 6.08 Å². The molecule has 0 aromatic heterocycles. The van der Waals surface area contributed by atoms with Crippen molar-refractivity contribution in [3.05, 3.63) is 131 Å². The number of amides is 3. The van der Waals surface area contributed by atoms with E-state index in [0.717, 1.165) is 16.0 Å². The first-order valence-corrected chi connectivity index (χ1v) is 14.4. The molecule has 0 spiro atoms. The fraction of sp³-hybridized carbons (Fsp3) is 0.121. The summed E-state index contributed by atoms with van der Waals surface area (Å²) in [4.78, 5) is 40.1. The second-order valence-electron chi connectivity index (χ2n) is 9.23. The monoisotopic (exact) mass is 583 g/mol. The van der Waals surface area contributed by atoms with Crippen LogP contribution >= 0.6 is 23.4 Å². The smallest absolute Gasteiger partial charge is 0.272 e. The second kappa shape index (κ2) is 14.3. The van der Waals surface area contributed by atoms with Gasteiger partial charge in [0.15, 0.2) is 0 Å². The van der Waals surface area contributed by atoms with Gasteiger partial charge < -0.3 is 16.0 Å². The van der Waals surface area contributed by atoms with Gasteiger partial charge in [-0.3, -0.25) is 14.4 Å². The Kier molecular flexibility index (Phi) is 10.4. The predicted octanol–water partition coefficient (Wildman–Crippen LogP) is 7.57. The van der Waals surface area contributed by atoms with E-state index < -0.39 is 5.91 Å². The number of benzene rings is 4. The third-order valence-electron chi connectivity index (χ3n) is 6.14. The van der Waals surface area contributed by atoms with E-state index in [2.05, 4.69) is 16.0 Å². The van der Waals surface area contributed by atoms with Gasteiger partial charge in [-0.1, -0.05) is 73.1 Å². The number of halogens is 1. The van der Waals surface area contributed by atoms with Crippen molar-refractivity contribution in [3.8, 4) is 0 Å². The molecule has 0 fully saturated rings. The molecule has 0 saturated carbocycles. The molecule has 0 radical (unpaired) electrons. The molecule has 6 nitrogen and oxygen atoms in total. The Morgan fingerprint density at radius 3 is 2.22 bits per heavy atom. The first-order valence-electron chi connectivity index (χ1n) is 13.1. The zero-order valence-electron chi connectivity index (χ0n) is 22.7. The first-order chi connectivity index (χ1) is 19.8. The number of hydrogen-bond acceptors (Lipinski definition) is 4. The summed E-state index contributed by atoms with van der Waals surface area (Å²) in [7, 11) is 0. The zero-order chi connectivity index (χ0) is 29.2. The maximum atomic E-state index is 13.4. The maximum absolute atomic E-state index is 13.4. The van der Waals surface area contributed by atoms with Gasteiger partial charge in [0.1, 0.15) is 5.70 Å². The largest absolute Gasteiger partial charge is 0.325 e. The Balaban J connectivity index is 1.51. The lowest BCUT2D eigenvalue weighted by molar-refractivity contribution is -0.116. The molecule has 41 heavy (non-hydrogen) atoms. The molecule has 1 atom stereocenters. The van der Waals surface area contributed by atoms with Crippen LogP contribution in [0.5, 0.6) is 0 Å². The Labute approximate surface area is 249 Å². The van der Waals surface area contributed by atoms with Crippen LogP contribution < -0.4 is 16.0 Å². The standard InChI is InChI=1S/C33H30ClN3O3S/c1-3-30(33(40)36-26-16-9-15-25(34)20-26)41-28-18-10-17-27(21-28)35-32(39)29(19-24-14-8-7-11-22(24)2)37-31(38)23-12-5-4-6-13-23/h4-21,30H,3H2,1-2H3,(H,35,39)(H,36,40)(H,37,38)/b29-19-. The molecule has 0 saturated heterocycles. The summed E-state index contributed by atoms with van der Waals surface area (Å²) < 4.78 is 0. The first kappa shape index (κ1) is 29.6. The molecule has 0 aliphatic carbocycles.